The predicted molar refractivity (Wildman–Crippen MR) is 88.6 cm³/mol. The summed E-state index contributed by atoms with van der Waals surface area (Å²) in [6, 6.07) is 1.56. The van der Waals surface area contributed by atoms with E-state index in [1.165, 1.54) is 51.7 Å². The first-order valence-electron chi connectivity index (χ1n) is 8.90. The lowest BCUT2D eigenvalue weighted by molar-refractivity contribution is 0.00674. The standard InChI is InChI=1S/C17H35N3O/c1-4-9-18-15-5-7-16(8-6-15)20-12-10-19(11-13-20)14-17(2,3)21/h15-16,18,21H,4-14H2,1-3H3. The van der Waals surface area contributed by atoms with Crippen LogP contribution in [-0.2, 0) is 0 Å². The molecule has 1 saturated carbocycles. The summed E-state index contributed by atoms with van der Waals surface area (Å²) in [7, 11) is 0. The van der Waals surface area contributed by atoms with Gasteiger partial charge in [0.15, 0.2) is 0 Å². The lowest BCUT2D eigenvalue weighted by atomic mass is 9.89. The summed E-state index contributed by atoms with van der Waals surface area (Å²) < 4.78 is 0. The van der Waals surface area contributed by atoms with E-state index in [1.54, 1.807) is 0 Å². The van der Waals surface area contributed by atoms with Crippen LogP contribution in [0.3, 0.4) is 0 Å². The van der Waals surface area contributed by atoms with Crippen molar-refractivity contribution in [3.05, 3.63) is 0 Å². The maximum Gasteiger partial charge on any atom is 0.0718 e. The van der Waals surface area contributed by atoms with Crippen LogP contribution in [0.2, 0.25) is 0 Å². The van der Waals surface area contributed by atoms with E-state index in [0.29, 0.717) is 0 Å². The topological polar surface area (TPSA) is 38.7 Å². The van der Waals surface area contributed by atoms with Gasteiger partial charge in [-0.25, -0.2) is 0 Å². The van der Waals surface area contributed by atoms with Crippen molar-refractivity contribution in [3.63, 3.8) is 0 Å². The molecule has 0 aromatic rings. The Morgan fingerprint density at radius 3 is 2.19 bits per heavy atom. The summed E-state index contributed by atoms with van der Waals surface area (Å²) in [4.78, 5) is 5.10. The zero-order valence-corrected chi connectivity index (χ0v) is 14.3. The molecule has 1 aliphatic carbocycles. The minimum absolute atomic E-state index is 0.564. The maximum atomic E-state index is 9.92. The summed E-state index contributed by atoms with van der Waals surface area (Å²) >= 11 is 0. The number of rotatable bonds is 6. The third-order valence-corrected chi connectivity index (χ3v) is 4.91. The van der Waals surface area contributed by atoms with Crippen molar-refractivity contribution in [2.45, 2.75) is 70.6 Å². The average molecular weight is 297 g/mol. The highest BCUT2D eigenvalue weighted by Crippen LogP contribution is 2.24. The van der Waals surface area contributed by atoms with E-state index in [9.17, 15) is 5.11 Å². The number of β-amino-alcohol motifs (C(OH)–C–C–N with tert-alkyl or cyclic N) is 1. The summed E-state index contributed by atoms with van der Waals surface area (Å²) in [5, 5.41) is 13.6. The Morgan fingerprint density at radius 2 is 1.67 bits per heavy atom. The number of piperazine rings is 1. The van der Waals surface area contributed by atoms with E-state index in [0.717, 1.165) is 31.7 Å². The average Bonchev–Trinajstić information content (AvgIpc) is 2.45. The Hall–Kier alpha value is -0.160. The Morgan fingerprint density at radius 1 is 1.05 bits per heavy atom. The molecular weight excluding hydrogens is 262 g/mol. The normalized spacial score (nSPS) is 29.7. The van der Waals surface area contributed by atoms with Gasteiger partial charge >= 0.3 is 0 Å². The van der Waals surface area contributed by atoms with Gasteiger partial charge < -0.3 is 10.4 Å². The highest BCUT2D eigenvalue weighted by Gasteiger charge is 2.29. The fourth-order valence-electron chi connectivity index (χ4n) is 3.83. The van der Waals surface area contributed by atoms with Gasteiger partial charge in [0.25, 0.3) is 0 Å². The van der Waals surface area contributed by atoms with Crippen LogP contribution in [0.1, 0.15) is 52.9 Å². The molecule has 1 heterocycles. The summed E-state index contributed by atoms with van der Waals surface area (Å²) in [6.07, 6.45) is 6.63. The molecule has 4 heteroatoms. The third kappa shape index (κ3) is 5.85. The molecule has 2 N–H and O–H groups in total. The van der Waals surface area contributed by atoms with Gasteiger partial charge in [0.2, 0.25) is 0 Å². The largest absolute Gasteiger partial charge is 0.389 e. The molecule has 1 saturated heterocycles. The van der Waals surface area contributed by atoms with Crippen LogP contribution in [0.5, 0.6) is 0 Å². The minimum atomic E-state index is -0.564. The molecular formula is C17H35N3O. The number of hydrogen-bond donors (Lipinski definition) is 2. The Labute approximate surface area is 130 Å². The van der Waals surface area contributed by atoms with E-state index >= 15 is 0 Å². The number of hydrogen-bond acceptors (Lipinski definition) is 4. The quantitative estimate of drug-likeness (QED) is 0.782. The van der Waals surface area contributed by atoms with Crippen LogP contribution in [0.15, 0.2) is 0 Å². The Bertz CT molecular complexity index is 287. The van der Waals surface area contributed by atoms with Crippen molar-refractivity contribution < 1.29 is 5.11 Å². The van der Waals surface area contributed by atoms with Crippen LogP contribution in [0.25, 0.3) is 0 Å². The Balaban J connectivity index is 1.67. The molecule has 0 atom stereocenters. The second-order valence-electron chi connectivity index (χ2n) is 7.58. The molecule has 21 heavy (non-hydrogen) atoms. The number of aliphatic hydroxyl groups is 1. The SMILES string of the molecule is CCCNC1CCC(N2CCN(CC(C)(C)O)CC2)CC1. The molecule has 0 radical (unpaired) electrons. The van der Waals surface area contributed by atoms with Crippen molar-refractivity contribution in [2.75, 3.05) is 39.3 Å². The fraction of sp³-hybridized carbons (Fsp3) is 1.00. The molecule has 124 valence electrons. The number of nitrogens with one attached hydrogen (secondary N) is 1. The molecule has 2 aliphatic rings. The first-order valence-corrected chi connectivity index (χ1v) is 8.90. The minimum Gasteiger partial charge on any atom is -0.389 e. The van der Waals surface area contributed by atoms with Crippen LogP contribution in [0, 0.1) is 0 Å². The summed E-state index contributed by atoms with van der Waals surface area (Å²) in [6.45, 7) is 12.6. The lowest BCUT2D eigenvalue weighted by Gasteiger charge is -2.43. The van der Waals surface area contributed by atoms with Crippen molar-refractivity contribution >= 4 is 0 Å². The second-order valence-corrected chi connectivity index (χ2v) is 7.58. The van der Waals surface area contributed by atoms with Gasteiger partial charge in [-0.05, 0) is 52.5 Å². The maximum absolute atomic E-state index is 9.92. The van der Waals surface area contributed by atoms with Crippen LogP contribution < -0.4 is 5.32 Å². The van der Waals surface area contributed by atoms with Gasteiger partial charge in [0.05, 0.1) is 5.60 Å². The molecule has 2 fully saturated rings. The fourth-order valence-corrected chi connectivity index (χ4v) is 3.83. The van der Waals surface area contributed by atoms with E-state index in [2.05, 4.69) is 22.0 Å². The predicted octanol–water partition coefficient (Wildman–Crippen LogP) is 1.69. The molecule has 0 bridgehead atoms. The first kappa shape index (κ1) is 17.2. The third-order valence-electron chi connectivity index (χ3n) is 4.91. The zero-order chi connectivity index (χ0) is 15.3. The second kappa shape index (κ2) is 7.91. The van der Waals surface area contributed by atoms with Crippen LogP contribution >= 0.6 is 0 Å². The molecule has 0 spiro atoms. The van der Waals surface area contributed by atoms with Crippen molar-refractivity contribution in [1.29, 1.82) is 0 Å². The molecule has 4 nitrogen and oxygen atoms in total. The van der Waals surface area contributed by atoms with Crippen molar-refractivity contribution in [1.82, 2.24) is 15.1 Å². The summed E-state index contributed by atoms with van der Waals surface area (Å²) in [5.41, 5.74) is -0.564. The molecule has 0 aromatic carbocycles. The van der Waals surface area contributed by atoms with Gasteiger partial charge in [-0.2, -0.15) is 0 Å². The molecule has 2 rings (SSSR count). The first-order chi connectivity index (χ1) is 9.98. The van der Waals surface area contributed by atoms with Gasteiger partial charge in [-0.3, -0.25) is 9.80 Å². The summed E-state index contributed by atoms with van der Waals surface area (Å²) in [5.74, 6) is 0. The van der Waals surface area contributed by atoms with Gasteiger partial charge in [0, 0.05) is 44.8 Å². The highest BCUT2D eigenvalue weighted by molar-refractivity contribution is 4.86. The number of nitrogens with zero attached hydrogens (tertiary/aromatic N) is 2. The van der Waals surface area contributed by atoms with E-state index in [-0.39, 0.29) is 0 Å². The Kier molecular flexibility index (Phi) is 6.48. The molecule has 0 unspecified atom stereocenters. The highest BCUT2D eigenvalue weighted by atomic mass is 16.3. The van der Waals surface area contributed by atoms with E-state index in [1.807, 2.05) is 13.8 Å². The van der Waals surface area contributed by atoms with E-state index in [4.69, 9.17) is 0 Å². The van der Waals surface area contributed by atoms with Gasteiger partial charge in [0.1, 0.15) is 0 Å². The lowest BCUT2D eigenvalue weighted by Crippen LogP contribution is -2.54. The molecule has 0 amide bonds. The molecule has 1 aliphatic heterocycles. The van der Waals surface area contributed by atoms with Crippen LogP contribution in [-0.4, -0.2) is 71.9 Å². The smallest absolute Gasteiger partial charge is 0.0718 e. The zero-order valence-electron chi connectivity index (χ0n) is 14.3. The van der Waals surface area contributed by atoms with Gasteiger partial charge in [-0.15, -0.1) is 0 Å². The van der Waals surface area contributed by atoms with E-state index < -0.39 is 5.60 Å². The van der Waals surface area contributed by atoms with Crippen molar-refractivity contribution in [3.8, 4) is 0 Å². The molecule has 0 aromatic heterocycles. The monoisotopic (exact) mass is 297 g/mol. The van der Waals surface area contributed by atoms with Gasteiger partial charge in [-0.1, -0.05) is 6.92 Å². The van der Waals surface area contributed by atoms with Crippen LogP contribution in [0.4, 0.5) is 0 Å². The van der Waals surface area contributed by atoms with Crippen molar-refractivity contribution in [2.24, 2.45) is 0 Å².